The Balaban J connectivity index is 1.52. The molecule has 126 valence electrons. The number of hydrogen-bond donors (Lipinski definition) is 2. The van der Waals surface area contributed by atoms with Crippen molar-refractivity contribution in [2.24, 2.45) is 5.92 Å². The second-order valence-electron chi connectivity index (χ2n) is 6.35. The first-order valence-corrected chi connectivity index (χ1v) is 8.24. The SMILES string of the molecule is O=C(CCc1ccc(O)cc1)N1CC(O)C(Cc2ccncc2)C1. The Morgan fingerprint density at radius 2 is 1.79 bits per heavy atom. The van der Waals surface area contributed by atoms with Crippen LogP contribution in [0.15, 0.2) is 48.8 Å². The van der Waals surface area contributed by atoms with Gasteiger partial charge in [-0.3, -0.25) is 9.78 Å². The summed E-state index contributed by atoms with van der Waals surface area (Å²) in [5, 5.41) is 19.5. The number of amides is 1. The number of hydrogen-bond acceptors (Lipinski definition) is 4. The summed E-state index contributed by atoms with van der Waals surface area (Å²) in [4.78, 5) is 18.1. The number of aromatic hydroxyl groups is 1. The number of nitrogens with zero attached hydrogens (tertiary/aromatic N) is 2. The second-order valence-corrected chi connectivity index (χ2v) is 6.35. The fourth-order valence-electron chi connectivity index (χ4n) is 3.15. The molecule has 0 saturated carbocycles. The molecule has 1 amide bonds. The zero-order chi connectivity index (χ0) is 16.9. The van der Waals surface area contributed by atoms with Crippen molar-refractivity contribution in [3.8, 4) is 5.75 Å². The number of phenols is 1. The lowest BCUT2D eigenvalue weighted by Gasteiger charge is -2.16. The first kappa shape index (κ1) is 16.5. The Bertz CT molecular complexity index is 673. The van der Waals surface area contributed by atoms with Gasteiger partial charge in [0, 0.05) is 37.8 Å². The van der Waals surface area contributed by atoms with Crippen molar-refractivity contribution in [3.05, 3.63) is 59.9 Å². The number of rotatable bonds is 5. The molecule has 1 fully saturated rings. The number of carbonyl (C=O) groups excluding carboxylic acids is 1. The summed E-state index contributed by atoms with van der Waals surface area (Å²) in [6.07, 6.45) is 4.83. The van der Waals surface area contributed by atoms with E-state index >= 15 is 0 Å². The van der Waals surface area contributed by atoms with Crippen molar-refractivity contribution in [2.75, 3.05) is 13.1 Å². The van der Waals surface area contributed by atoms with Crippen LogP contribution in [-0.4, -0.2) is 45.2 Å². The highest BCUT2D eigenvalue weighted by Crippen LogP contribution is 2.22. The lowest BCUT2D eigenvalue weighted by molar-refractivity contribution is -0.130. The summed E-state index contributed by atoms with van der Waals surface area (Å²) in [6.45, 7) is 1.00. The van der Waals surface area contributed by atoms with Crippen molar-refractivity contribution in [1.82, 2.24) is 9.88 Å². The van der Waals surface area contributed by atoms with Crippen LogP contribution in [0.3, 0.4) is 0 Å². The molecule has 1 saturated heterocycles. The van der Waals surface area contributed by atoms with E-state index in [0.717, 1.165) is 17.5 Å². The normalized spacial score (nSPS) is 20.3. The number of aliphatic hydroxyl groups excluding tert-OH is 1. The number of pyridine rings is 1. The van der Waals surface area contributed by atoms with Gasteiger partial charge in [-0.2, -0.15) is 0 Å². The minimum atomic E-state index is -0.476. The number of aryl methyl sites for hydroxylation is 1. The Morgan fingerprint density at radius 3 is 2.50 bits per heavy atom. The Morgan fingerprint density at radius 1 is 1.08 bits per heavy atom. The van der Waals surface area contributed by atoms with Gasteiger partial charge in [0.05, 0.1) is 6.10 Å². The van der Waals surface area contributed by atoms with Gasteiger partial charge in [0.1, 0.15) is 5.75 Å². The highest BCUT2D eigenvalue weighted by molar-refractivity contribution is 5.76. The van der Waals surface area contributed by atoms with E-state index in [0.29, 0.717) is 25.9 Å². The average molecular weight is 326 g/mol. The summed E-state index contributed by atoms with van der Waals surface area (Å²) < 4.78 is 0. The molecule has 0 radical (unpaired) electrons. The van der Waals surface area contributed by atoms with Gasteiger partial charge in [-0.25, -0.2) is 0 Å². The van der Waals surface area contributed by atoms with Crippen LogP contribution < -0.4 is 0 Å². The third kappa shape index (κ3) is 4.11. The summed E-state index contributed by atoms with van der Waals surface area (Å²) in [5.41, 5.74) is 2.15. The maximum Gasteiger partial charge on any atom is 0.223 e. The Hall–Kier alpha value is -2.40. The van der Waals surface area contributed by atoms with Crippen molar-refractivity contribution in [3.63, 3.8) is 0 Å². The lowest BCUT2D eigenvalue weighted by Crippen LogP contribution is -2.29. The smallest absolute Gasteiger partial charge is 0.223 e. The molecule has 0 spiro atoms. The van der Waals surface area contributed by atoms with Gasteiger partial charge in [0.25, 0.3) is 0 Å². The van der Waals surface area contributed by atoms with Gasteiger partial charge in [-0.15, -0.1) is 0 Å². The molecule has 2 heterocycles. The predicted octanol–water partition coefficient (Wildman–Crippen LogP) is 1.78. The molecule has 1 aliphatic heterocycles. The number of aromatic nitrogens is 1. The molecule has 1 aromatic heterocycles. The minimum absolute atomic E-state index is 0.0688. The maximum absolute atomic E-state index is 12.4. The van der Waals surface area contributed by atoms with Crippen LogP contribution in [0.25, 0.3) is 0 Å². The highest BCUT2D eigenvalue weighted by atomic mass is 16.3. The summed E-state index contributed by atoms with van der Waals surface area (Å²) in [7, 11) is 0. The molecule has 5 nitrogen and oxygen atoms in total. The quantitative estimate of drug-likeness (QED) is 0.878. The van der Waals surface area contributed by atoms with E-state index in [1.54, 1.807) is 29.4 Å². The van der Waals surface area contributed by atoms with Crippen LogP contribution >= 0.6 is 0 Å². The Labute approximate surface area is 141 Å². The molecular weight excluding hydrogens is 304 g/mol. The monoisotopic (exact) mass is 326 g/mol. The molecule has 1 aliphatic rings. The number of β-amino-alcohol motifs (C(OH)–C–C–N with tert-alkyl or cyclic N) is 1. The van der Waals surface area contributed by atoms with Gasteiger partial charge < -0.3 is 15.1 Å². The molecule has 2 N–H and O–H groups in total. The Kier molecular flexibility index (Phi) is 5.11. The van der Waals surface area contributed by atoms with Gasteiger partial charge in [0.15, 0.2) is 0 Å². The lowest BCUT2D eigenvalue weighted by atomic mass is 9.97. The topological polar surface area (TPSA) is 73.7 Å². The molecule has 5 heteroatoms. The zero-order valence-electron chi connectivity index (χ0n) is 13.5. The minimum Gasteiger partial charge on any atom is -0.508 e. The molecule has 2 unspecified atom stereocenters. The van der Waals surface area contributed by atoms with E-state index < -0.39 is 6.10 Å². The molecule has 2 aromatic rings. The largest absolute Gasteiger partial charge is 0.508 e. The maximum atomic E-state index is 12.4. The molecule has 0 bridgehead atoms. The van der Waals surface area contributed by atoms with Crippen molar-refractivity contribution >= 4 is 5.91 Å². The predicted molar refractivity (Wildman–Crippen MR) is 90.4 cm³/mol. The standard InChI is InChI=1S/C19H22N2O3/c22-17-4-1-14(2-5-17)3-6-19(24)21-12-16(18(23)13-21)11-15-7-9-20-10-8-15/h1-2,4-5,7-10,16,18,22-23H,3,6,11-13H2. The van der Waals surface area contributed by atoms with Crippen LogP contribution in [0.4, 0.5) is 0 Å². The van der Waals surface area contributed by atoms with Crippen LogP contribution in [0.2, 0.25) is 0 Å². The van der Waals surface area contributed by atoms with Crippen LogP contribution in [0.5, 0.6) is 5.75 Å². The average Bonchev–Trinajstić information content (AvgIpc) is 2.96. The van der Waals surface area contributed by atoms with Crippen LogP contribution in [-0.2, 0) is 17.6 Å². The molecule has 24 heavy (non-hydrogen) atoms. The molecule has 2 atom stereocenters. The number of phenolic OH excluding ortho intramolecular Hbond substituents is 1. The summed E-state index contributed by atoms with van der Waals surface area (Å²) in [5.74, 6) is 0.371. The highest BCUT2D eigenvalue weighted by Gasteiger charge is 2.33. The van der Waals surface area contributed by atoms with Crippen LogP contribution in [0.1, 0.15) is 17.5 Å². The van der Waals surface area contributed by atoms with Crippen molar-refractivity contribution in [1.29, 1.82) is 0 Å². The van der Waals surface area contributed by atoms with E-state index in [2.05, 4.69) is 4.98 Å². The molecule has 1 aromatic carbocycles. The second kappa shape index (κ2) is 7.45. The summed E-state index contributed by atoms with van der Waals surface area (Å²) >= 11 is 0. The van der Waals surface area contributed by atoms with Crippen molar-refractivity contribution in [2.45, 2.75) is 25.4 Å². The van der Waals surface area contributed by atoms with Crippen LogP contribution in [0, 0.1) is 5.92 Å². The number of carbonyl (C=O) groups is 1. The molecular formula is C19H22N2O3. The third-order valence-corrected chi connectivity index (χ3v) is 4.57. The fourth-order valence-corrected chi connectivity index (χ4v) is 3.15. The third-order valence-electron chi connectivity index (χ3n) is 4.57. The number of aliphatic hydroxyl groups is 1. The first-order chi connectivity index (χ1) is 11.6. The van der Waals surface area contributed by atoms with Gasteiger partial charge in [0.2, 0.25) is 5.91 Å². The van der Waals surface area contributed by atoms with E-state index in [4.69, 9.17) is 0 Å². The van der Waals surface area contributed by atoms with Gasteiger partial charge in [-0.1, -0.05) is 12.1 Å². The first-order valence-electron chi connectivity index (χ1n) is 8.24. The van der Waals surface area contributed by atoms with Gasteiger partial charge >= 0.3 is 0 Å². The van der Waals surface area contributed by atoms with E-state index in [1.165, 1.54) is 0 Å². The van der Waals surface area contributed by atoms with Crippen molar-refractivity contribution < 1.29 is 15.0 Å². The number of benzene rings is 1. The van der Waals surface area contributed by atoms with E-state index in [1.807, 2.05) is 24.3 Å². The molecule has 0 aliphatic carbocycles. The number of likely N-dealkylation sites (tertiary alicyclic amines) is 1. The zero-order valence-corrected chi connectivity index (χ0v) is 13.5. The molecule has 3 rings (SSSR count). The van der Waals surface area contributed by atoms with Gasteiger partial charge in [-0.05, 0) is 48.2 Å². The summed E-state index contributed by atoms with van der Waals surface area (Å²) in [6, 6.07) is 10.8. The van der Waals surface area contributed by atoms with E-state index in [-0.39, 0.29) is 17.6 Å². The van der Waals surface area contributed by atoms with E-state index in [9.17, 15) is 15.0 Å². The fraction of sp³-hybridized carbons (Fsp3) is 0.368.